The molecule has 0 aliphatic heterocycles. The first kappa shape index (κ1) is 11.1. The van der Waals surface area contributed by atoms with Gasteiger partial charge in [-0.3, -0.25) is 4.98 Å². The second-order valence-electron chi connectivity index (χ2n) is 2.64. The highest BCUT2D eigenvalue weighted by atomic mass is 35.5. The molecule has 0 spiro atoms. The fourth-order valence-electron chi connectivity index (χ4n) is 1.08. The molecule has 1 aromatic rings. The van der Waals surface area contributed by atoms with E-state index in [9.17, 15) is 8.78 Å². The van der Waals surface area contributed by atoms with Gasteiger partial charge in [-0.25, -0.2) is 8.78 Å². The van der Waals surface area contributed by atoms with Crippen LogP contribution in [0.1, 0.15) is 23.2 Å². The highest BCUT2D eigenvalue weighted by molar-refractivity contribution is 6.17. The van der Waals surface area contributed by atoms with E-state index in [0.717, 1.165) is 6.20 Å². The smallest absolute Gasteiger partial charge is 0.267 e. The van der Waals surface area contributed by atoms with E-state index in [2.05, 4.69) is 4.98 Å². The fourth-order valence-corrected chi connectivity index (χ4v) is 1.38. The van der Waals surface area contributed by atoms with Crippen LogP contribution in [0.25, 0.3) is 0 Å². The summed E-state index contributed by atoms with van der Waals surface area (Å²) in [5, 5.41) is 8.84. The number of nitrogens with two attached hydrogens (primary N) is 1. The van der Waals surface area contributed by atoms with Gasteiger partial charge in [-0.05, 0) is 0 Å². The van der Waals surface area contributed by atoms with Gasteiger partial charge in [0.15, 0.2) is 0 Å². The number of hydrogen-bond acceptors (Lipinski definition) is 3. The lowest BCUT2D eigenvalue weighted by atomic mass is 10.1. The van der Waals surface area contributed by atoms with Gasteiger partial charge < -0.3 is 10.8 Å². The molecule has 0 aliphatic carbocycles. The van der Waals surface area contributed by atoms with Crippen molar-refractivity contribution < 1.29 is 13.9 Å². The maximum Gasteiger partial charge on any atom is 0.267 e. The quantitative estimate of drug-likeness (QED) is 0.768. The van der Waals surface area contributed by atoms with Crippen molar-refractivity contribution in [1.29, 1.82) is 0 Å². The van der Waals surface area contributed by atoms with Crippen LogP contribution in [0.4, 0.5) is 14.5 Å². The molecule has 0 atom stereocenters. The molecule has 0 saturated heterocycles. The van der Waals surface area contributed by atoms with Crippen LogP contribution in [0, 0.1) is 0 Å². The molecular weight excluding hydrogens is 214 g/mol. The third kappa shape index (κ3) is 1.93. The third-order valence-electron chi connectivity index (χ3n) is 1.86. The van der Waals surface area contributed by atoms with Crippen LogP contribution in [-0.4, -0.2) is 10.1 Å². The average Bonchev–Trinajstić information content (AvgIpc) is 2.16. The molecule has 0 unspecified atom stereocenters. The topological polar surface area (TPSA) is 59.1 Å². The number of pyridine rings is 1. The standard InChI is InChI=1S/C8H9ClF2N2O/c9-1-4-6(3-14)13-2-5(7(4)12)8(10)11/h2,8,14H,1,3H2,(H2,12,13). The van der Waals surface area contributed by atoms with Crippen LogP contribution in [0.5, 0.6) is 0 Å². The van der Waals surface area contributed by atoms with E-state index < -0.39 is 6.43 Å². The van der Waals surface area contributed by atoms with Crippen molar-refractivity contribution in [3.05, 3.63) is 23.0 Å². The van der Waals surface area contributed by atoms with Crippen LogP contribution in [-0.2, 0) is 12.5 Å². The Balaban J connectivity index is 3.27. The summed E-state index contributed by atoms with van der Waals surface area (Å²) in [6.45, 7) is -0.365. The van der Waals surface area contributed by atoms with Crippen molar-refractivity contribution in [2.45, 2.75) is 18.9 Å². The summed E-state index contributed by atoms with van der Waals surface area (Å²) in [4.78, 5) is 3.66. The second kappa shape index (κ2) is 4.52. The Morgan fingerprint density at radius 2 is 2.21 bits per heavy atom. The first-order valence-corrected chi connectivity index (χ1v) is 4.36. The van der Waals surface area contributed by atoms with E-state index in [1.807, 2.05) is 0 Å². The van der Waals surface area contributed by atoms with Crippen LogP contribution in [0.2, 0.25) is 0 Å². The number of rotatable bonds is 3. The zero-order valence-corrected chi connectivity index (χ0v) is 7.93. The van der Waals surface area contributed by atoms with Crippen LogP contribution >= 0.6 is 11.6 Å². The molecule has 3 N–H and O–H groups in total. The molecule has 1 rings (SSSR count). The maximum atomic E-state index is 12.4. The highest BCUT2D eigenvalue weighted by Gasteiger charge is 2.17. The number of aromatic nitrogens is 1. The summed E-state index contributed by atoms with van der Waals surface area (Å²) in [7, 11) is 0. The summed E-state index contributed by atoms with van der Waals surface area (Å²) in [6.07, 6.45) is -1.72. The molecule has 0 radical (unpaired) electrons. The van der Waals surface area contributed by atoms with Gasteiger partial charge in [-0.15, -0.1) is 11.6 Å². The van der Waals surface area contributed by atoms with Crippen molar-refractivity contribution >= 4 is 17.3 Å². The number of hydrogen-bond donors (Lipinski definition) is 2. The molecule has 6 heteroatoms. The van der Waals surface area contributed by atoms with E-state index in [1.54, 1.807) is 0 Å². The number of aliphatic hydroxyl groups is 1. The summed E-state index contributed by atoms with van der Waals surface area (Å²) in [5.74, 6) is -0.0463. The minimum atomic E-state index is -2.68. The normalized spacial score (nSPS) is 10.9. The Kier molecular flexibility index (Phi) is 3.60. The molecular formula is C8H9ClF2N2O. The second-order valence-corrected chi connectivity index (χ2v) is 2.91. The van der Waals surface area contributed by atoms with E-state index in [0.29, 0.717) is 0 Å². The molecule has 0 aromatic carbocycles. The molecule has 1 heterocycles. The van der Waals surface area contributed by atoms with Crippen molar-refractivity contribution in [2.24, 2.45) is 0 Å². The lowest BCUT2D eigenvalue weighted by molar-refractivity contribution is 0.151. The minimum Gasteiger partial charge on any atom is -0.398 e. The monoisotopic (exact) mass is 222 g/mol. The Morgan fingerprint density at radius 1 is 1.57 bits per heavy atom. The molecule has 0 bridgehead atoms. The SMILES string of the molecule is Nc1c(C(F)F)cnc(CO)c1CCl. The molecule has 0 fully saturated rings. The van der Waals surface area contributed by atoms with Crippen molar-refractivity contribution in [1.82, 2.24) is 4.98 Å². The van der Waals surface area contributed by atoms with Gasteiger partial charge in [-0.2, -0.15) is 0 Å². The lowest BCUT2D eigenvalue weighted by Gasteiger charge is -2.11. The first-order chi connectivity index (χ1) is 6.61. The average molecular weight is 223 g/mol. The van der Waals surface area contributed by atoms with Gasteiger partial charge in [0.2, 0.25) is 0 Å². The van der Waals surface area contributed by atoms with Gasteiger partial charge in [-0.1, -0.05) is 0 Å². The highest BCUT2D eigenvalue weighted by Crippen LogP contribution is 2.29. The summed E-state index contributed by atoms with van der Waals surface area (Å²) >= 11 is 5.52. The molecule has 3 nitrogen and oxygen atoms in total. The number of halogens is 3. The molecule has 0 aliphatic rings. The van der Waals surface area contributed by atoms with Crippen LogP contribution in [0.3, 0.4) is 0 Å². The predicted octanol–water partition coefficient (Wildman–Crippen LogP) is 1.83. The number of anilines is 1. The van der Waals surface area contributed by atoms with Crippen LogP contribution < -0.4 is 5.73 Å². The van der Waals surface area contributed by atoms with E-state index in [-0.39, 0.29) is 35.0 Å². The number of aliphatic hydroxyl groups excluding tert-OH is 1. The summed E-state index contributed by atoms with van der Waals surface area (Å²) < 4.78 is 24.7. The summed E-state index contributed by atoms with van der Waals surface area (Å²) in [5.41, 5.74) is 5.53. The predicted molar refractivity (Wildman–Crippen MR) is 49.1 cm³/mol. The van der Waals surface area contributed by atoms with Crippen molar-refractivity contribution in [3.63, 3.8) is 0 Å². The number of nitrogen functional groups attached to an aromatic ring is 1. The Bertz CT molecular complexity index is 333. The lowest BCUT2D eigenvalue weighted by Crippen LogP contribution is -2.05. The van der Waals surface area contributed by atoms with E-state index >= 15 is 0 Å². The number of alkyl halides is 3. The largest absolute Gasteiger partial charge is 0.398 e. The summed E-state index contributed by atoms with van der Waals surface area (Å²) in [6, 6.07) is 0. The third-order valence-corrected chi connectivity index (χ3v) is 2.13. The maximum absolute atomic E-state index is 12.4. The van der Waals surface area contributed by atoms with Gasteiger partial charge >= 0.3 is 0 Å². The van der Waals surface area contributed by atoms with Crippen LogP contribution in [0.15, 0.2) is 6.20 Å². The molecule has 14 heavy (non-hydrogen) atoms. The molecule has 78 valence electrons. The van der Waals surface area contributed by atoms with Gasteiger partial charge in [0, 0.05) is 17.4 Å². The first-order valence-electron chi connectivity index (χ1n) is 3.82. The van der Waals surface area contributed by atoms with Crippen molar-refractivity contribution in [2.75, 3.05) is 5.73 Å². The van der Waals surface area contributed by atoms with E-state index in [1.165, 1.54) is 0 Å². The van der Waals surface area contributed by atoms with Gasteiger partial charge in [0.05, 0.1) is 23.7 Å². The Morgan fingerprint density at radius 3 is 2.64 bits per heavy atom. The van der Waals surface area contributed by atoms with Crippen molar-refractivity contribution in [3.8, 4) is 0 Å². The van der Waals surface area contributed by atoms with E-state index in [4.69, 9.17) is 22.4 Å². The Hall–Kier alpha value is -0.940. The molecule has 0 amide bonds. The minimum absolute atomic E-state index is 0.0463. The molecule has 0 saturated carbocycles. The van der Waals surface area contributed by atoms with Gasteiger partial charge in [0.25, 0.3) is 6.43 Å². The fraction of sp³-hybridized carbons (Fsp3) is 0.375. The van der Waals surface area contributed by atoms with Gasteiger partial charge in [0.1, 0.15) is 0 Å². The molecule has 1 aromatic heterocycles. The Labute approximate surface area is 84.5 Å². The zero-order valence-electron chi connectivity index (χ0n) is 7.17. The number of nitrogens with zero attached hydrogens (tertiary/aromatic N) is 1. The zero-order chi connectivity index (χ0) is 10.7.